The Bertz CT molecular complexity index is 690. The van der Waals surface area contributed by atoms with E-state index in [-0.39, 0.29) is 0 Å². The van der Waals surface area contributed by atoms with Gasteiger partial charge in [0.25, 0.3) is 0 Å². The zero-order valence-electron chi connectivity index (χ0n) is 14.3. The second-order valence-electron chi connectivity index (χ2n) is 5.83. The van der Waals surface area contributed by atoms with Gasteiger partial charge in [-0.15, -0.1) is 0 Å². The van der Waals surface area contributed by atoms with Crippen molar-refractivity contribution in [2.75, 3.05) is 0 Å². The van der Waals surface area contributed by atoms with Crippen LogP contribution in [0.2, 0.25) is 0 Å². The summed E-state index contributed by atoms with van der Waals surface area (Å²) in [5, 5.41) is 8.83. The SMILES string of the molecule is CC[C@H](C)c1ccc(N=Cc2ccc(O[C@H](C)C(=O)O)cc2)cc1. The van der Waals surface area contributed by atoms with Crippen molar-refractivity contribution in [2.24, 2.45) is 4.99 Å². The van der Waals surface area contributed by atoms with E-state index in [1.807, 2.05) is 24.3 Å². The molecule has 0 fully saturated rings. The summed E-state index contributed by atoms with van der Waals surface area (Å²) in [4.78, 5) is 15.2. The van der Waals surface area contributed by atoms with Crippen LogP contribution >= 0.6 is 0 Å². The fourth-order valence-corrected chi connectivity index (χ4v) is 2.16. The van der Waals surface area contributed by atoms with Crippen LogP contribution < -0.4 is 4.74 Å². The van der Waals surface area contributed by atoms with Gasteiger partial charge in [0.1, 0.15) is 5.75 Å². The highest BCUT2D eigenvalue weighted by molar-refractivity contribution is 5.82. The molecule has 2 rings (SSSR count). The Morgan fingerprint density at radius 2 is 1.75 bits per heavy atom. The number of aliphatic carboxylic acids is 1. The predicted molar refractivity (Wildman–Crippen MR) is 96.6 cm³/mol. The number of aliphatic imine (C=N–C) groups is 1. The number of ether oxygens (including phenoxy) is 1. The highest BCUT2D eigenvalue weighted by atomic mass is 16.5. The Morgan fingerprint density at radius 3 is 2.29 bits per heavy atom. The number of rotatable bonds is 7. The molecule has 0 aliphatic heterocycles. The fraction of sp³-hybridized carbons (Fsp3) is 0.300. The van der Waals surface area contributed by atoms with E-state index in [0.717, 1.165) is 17.7 Å². The quantitative estimate of drug-likeness (QED) is 0.744. The van der Waals surface area contributed by atoms with E-state index in [1.54, 1.807) is 18.3 Å². The maximum Gasteiger partial charge on any atom is 0.344 e. The molecule has 0 aliphatic carbocycles. The van der Waals surface area contributed by atoms with Crippen molar-refractivity contribution in [1.82, 2.24) is 0 Å². The van der Waals surface area contributed by atoms with Gasteiger partial charge in [-0.2, -0.15) is 0 Å². The van der Waals surface area contributed by atoms with Gasteiger partial charge in [0, 0.05) is 6.21 Å². The molecular weight excluding hydrogens is 302 g/mol. The number of nitrogens with zero attached hydrogens (tertiary/aromatic N) is 1. The highest BCUT2D eigenvalue weighted by Gasteiger charge is 2.11. The van der Waals surface area contributed by atoms with Gasteiger partial charge in [-0.25, -0.2) is 4.79 Å². The molecule has 24 heavy (non-hydrogen) atoms. The molecule has 0 aromatic heterocycles. The first-order chi connectivity index (χ1) is 11.5. The van der Waals surface area contributed by atoms with E-state index >= 15 is 0 Å². The minimum Gasteiger partial charge on any atom is -0.479 e. The lowest BCUT2D eigenvalue weighted by molar-refractivity contribution is -0.144. The molecule has 2 aromatic rings. The summed E-state index contributed by atoms with van der Waals surface area (Å²) in [5.74, 6) is 0.102. The minimum atomic E-state index is -0.985. The van der Waals surface area contributed by atoms with Crippen molar-refractivity contribution >= 4 is 17.9 Å². The lowest BCUT2D eigenvalue weighted by atomic mass is 9.99. The van der Waals surface area contributed by atoms with E-state index in [1.165, 1.54) is 12.5 Å². The zero-order chi connectivity index (χ0) is 17.5. The van der Waals surface area contributed by atoms with Crippen molar-refractivity contribution < 1.29 is 14.6 Å². The summed E-state index contributed by atoms with van der Waals surface area (Å²) in [6.07, 6.45) is 2.04. The summed E-state index contributed by atoms with van der Waals surface area (Å²) in [6, 6.07) is 15.5. The van der Waals surface area contributed by atoms with Gasteiger partial charge in [0.15, 0.2) is 6.10 Å². The van der Waals surface area contributed by atoms with Gasteiger partial charge >= 0.3 is 5.97 Å². The number of carboxylic acids is 1. The third-order valence-corrected chi connectivity index (χ3v) is 3.98. The number of carboxylic acid groups (broad SMARTS) is 1. The molecule has 1 N–H and O–H groups in total. The molecule has 2 aromatic carbocycles. The average Bonchev–Trinajstić information content (AvgIpc) is 2.60. The molecule has 4 heteroatoms. The number of carbonyl (C=O) groups is 1. The van der Waals surface area contributed by atoms with E-state index in [9.17, 15) is 4.79 Å². The van der Waals surface area contributed by atoms with Crippen molar-refractivity contribution in [3.63, 3.8) is 0 Å². The van der Waals surface area contributed by atoms with Crippen molar-refractivity contribution in [3.8, 4) is 5.75 Å². The topological polar surface area (TPSA) is 58.9 Å². The number of hydrogen-bond acceptors (Lipinski definition) is 3. The van der Waals surface area contributed by atoms with Crippen LogP contribution in [0.15, 0.2) is 53.5 Å². The summed E-state index contributed by atoms with van der Waals surface area (Å²) >= 11 is 0. The molecular formula is C20H23NO3. The lowest BCUT2D eigenvalue weighted by Crippen LogP contribution is -2.22. The maximum absolute atomic E-state index is 10.8. The van der Waals surface area contributed by atoms with E-state index < -0.39 is 12.1 Å². The fourth-order valence-electron chi connectivity index (χ4n) is 2.16. The van der Waals surface area contributed by atoms with Gasteiger partial charge in [0.2, 0.25) is 0 Å². The molecule has 0 aliphatic rings. The standard InChI is InChI=1S/C20H23NO3/c1-4-14(2)17-7-9-18(10-8-17)21-13-16-5-11-19(12-6-16)24-15(3)20(22)23/h5-15H,4H2,1-3H3,(H,22,23)/t14-,15+/m0/s1. The lowest BCUT2D eigenvalue weighted by Gasteiger charge is -2.10. The molecule has 0 heterocycles. The molecule has 0 bridgehead atoms. The number of benzene rings is 2. The third kappa shape index (κ3) is 4.95. The van der Waals surface area contributed by atoms with Crippen LogP contribution in [0.1, 0.15) is 44.2 Å². The molecule has 0 amide bonds. The monoisotopic (exact) mass is 325 g/mol. The van der Waals surface area contributed by atoms with Crippen LogP contribution in [0.3, 0.4) is 0 Å². The summed E-state index contributed by atoms with van der Waals surface area (Å²) in [6.45, 7) is 5.90. The van der Waals surface area contributed by atoms with Crippen LogP contribution in [-0.2, 0) is 4.79 Å². The first-order valence-corrected chi connectivity index (χ1v) is 8.13. The molecule has 2 atom stereocenters. The first-order valence-electron chi connectivity index (χ1n) is 8.13. The molecule has 0 unspecified atom stereocenters. The largest absolute Gasteiger partial charge is 0.479 e. The second kappa shape index (κ2) is 8.29. The Labute approximate surface area is 142 Å². The first kappa shape index (κ1) is 17.7. The van der Waals surface area contributed by atoms with Crippen LogP contribution in [0.5, 0.6) is 5.75 Å². The van der Waals surface area contributed by atoms with Gasteiger partial charge in [0.05, 0.1) is 5.69 Å². The Hall–Kier alpha value is -2.62. The van der Waals surface area contributed by atoms with Gasteiger partial charge in [-0.3, -0.25) is 4.99 Å². The van der Waals surface area contributed by atoms with Gasteiger partial charge in [-0.05, 0) is 66.8 Å². The summed E-state index contributed by atoms with van der Waals surface area (Å²) < 4.78 is 5.30. The van der Waals surface area contributed by atoms with Crippen LogP contribution in [-0.4, -0.2) is 23.4 Å². The Morgan fingerprint density at radius 1 is 1.12 bits per heavy atom. The molecule has 0 radical (unpaired) electrons. The van der Waals surface area contributed by atoms with Crippen LogP contribution in [0.25, 0.3) is 0 Å². The smallest absolute Gasteiger partial charge is 0.344 e. The maximum atomic E-state index is 10.8. The Balaban J connectivity index is 2.00. The summed E-state index contributed by atoms with van der Waals surface area (Å²) in [5.41, 5.74) is 3.16. The van der Waals surface area contributed by atoms with Gasteiger partial charge in [-0.1, -0.05) is 26.0 Å². The normalized spacial score (nSPS) is 13.6. The van der Waals surface area contributed by atoms with Crippen LogP contribution in [0, 0.1) is 0 Å². The van der Waals surface area contributed by atoms with E-state index in [4.69, 9.17) is 9.84 Å². The van der Waals surface area contributed by atoms with Crippen LogP contribution in [0.4, 0.5) is 5.69 Å². The molecule has 0 saturated carbocycles. The van der Waals surface area contributed by atoms with Crippen molar-refractivity contribution in [2.45, 2.75) is 39.2 Å². The highest BCUT2D eigenvalue weighted by Crippen LogP contribution is 2.22. The minimum absolute atomic E-state index is 0.528. The molecule has 0 saturated heterocycles. The Kier molecular flexibility index (Phi) is 6.13. The molecule has 0 spiro atoms. The molecule has 4 nitrogen and oxygen atoms in total. The van der Waals surface area contributed by atoms with Crippen molar-refractivity contribution in [1.29, 1.82) is 0 Å². The molecule has 126 valence electrons. The summed E-state index contributed by atoms with van der Waals surface area (Å²) in [7, 11) is 0. The van der Waals surface area contributed by atoms with E-state index in [2.05, 4.69) is 31.0 Å². The van der Waals surface area contributed by atoms with E-state index in [0.29, 0.717) is 11.7 Å². The third-order valence-electron chi connectivity index (χ3n) is 3.98. The zero-order valence-corrected chi connectivity index (χ0v) is 14.3. The van der Waals surface area contributed by atoms with Gasteiger partial charge < -0.3 is 9.84 Å². The van der Waals surface area contributed by atoms with Crippen molar-refractivity contribution in [3.05, 3.63) is 59.7 Å². The average molecular weight is 325 g/mol. The second-order valence-corrected chi connectivity index (χ2v) is 5.83. The predicted octanol–water partition coefficient (Wildman–Crippen LogP) is 4.80. The number of hydrogen-bond donors (Lipinski definition) is 1.